The van der Waals surface area contributed by atoms with Crippen molar-refractivity contribution in [3.63, 3.8) is 0 Å². The number of carbonyl (C=O) groups is 6. The van der Waals surface area contributed by atoms with Crippen molar-refractivity contribution >= 4 is 35.6 Å². The van der Waals surface area contributed by atoms with Gasteiger partial charge in [-0.05, 0) is 17.9 Å². The van der Waals surface area contributed by atoms with Crippen LogP contribution in [0.3, 0.4) is 0 Å². The van der Waals surface area contributed by atoms with Gasteiger partial charge in [0, 0.05) is 12.8 Å². The van der Waals surface area contributed by atoms with Gasteiger partial charge in [0.1, 0.15) is 18.1 Å². The highest BCUT2D eigenvalue weighted by molar-refractivity contribution is 5.95. The second-order valence-electron chi connectivity index (χ2n) is 8.66. The molecule has 0 bridgehead atoms. The van der Waals surface area contributed by atoms with E-state index in [9.17, 15) is 39.0 Å². The third-order valence-corrected chi connectivity index (χ3v) is 5.71. The highest BCUT2D eigenvalue weighted by Gasteiger charge is 2.33. The summed E-state index contributed by atoms with van der Waals surface area (Å²) < 4.78 is 0. The molecule has 3 amide bonds. The summed E-state index contributed by atoms with van der Waals surface area (Å²) in [4.78, 5) is 72.2. The number of nitrogens with two attached hydrogens (primary N) is 1. The molecule has 8 N–H and O–H groups in total. The molecular formula is C24H34N4O9. The first-order valence-electron chi connectivity index (χ1n) is 11.7. The number of amides is 3. The first-order chi connectivity index (χ1) is 17.3. The number of carboxylic acid groups (broad SMARTS) is 3. The van der Waals surface area contributed by atoms with Gasteiger partial charge in [0.2, 0.25) is 17.7 Å². The Morgan fingerprint density at radius 1 is 0.838 bits per heavy atom. The molecule has 0 heterocycles. The summed E-state index contributed by atoms with van der Waals surface area (Å²) in [6.07, 6.45) is -1.02. The van der Waals surface area contributed by atoms with Gasteiger partial charge in [0.05, 0.1) is 12.5 Å². The number of nitrogens with one attached hydrogen (secondary N) is 3. The van der Waals surface area contributed by atoms with Crippen molar-refractivity contribution in [2.45, 2.75) is 70.1 Å². The van der Waals surface area contributed by atoms with E-state index in [4.69, 9.17) is 10.8 Å². The fraction of sp³-hybridized carbons (Fsp3) is 0.500. The zero-order valence-electron chi connectivity index (χ0n) is 20.7. The lowest BCUT2D eigenvalue weighted by atomic mass is 9.98. The van der Waals surface area contributed by atoms with E-state index < -0.39 is 72.1 Å². The molecule has 204 valence electrons. The quantitative estimate of drug-likeness (QED) is 0.147. The summed E-state index contributed by atoms with van der Waals surface area (Å²) in [6.45, 7) is 3.32. The third-order valence-electron chi connectivity index (χ3n) is 5.71. The number of hydrogen-bond donors (Lipinski definition) is 7. The molecule has 0 aliphatic carbocycles. The van der Waals surface area contributed by atoms with Gasteiger partial charge in [-0.25, -0.2) is 4.79 Å². The van der Waals surface area contributed by atoms with Gasteiger partial charge in [-0.2, -0.15) is 0 Å². The third kappa shape index (κ3) is 11.1. The topological polar surface area (TPSA) is 225 Å². The van der Waals surface area contributed by atoms with Crippen LogP contribution in [0.5, 0.6) is 0 Å². The minimum Gasteiger partial charge on any atom is -0.481 e. The van der Waals surface area contributed by atoms with Crippen LogP contribution in [0.25, 0.3) is 0 Å². The lowest BCUT2D eigenvalue weighted by Gasteiger charge is -2.26. The average Bonchev–Trinajstić information content (AvgIpc) is 2.84. The van der Waals surface area contributed by atoms with Gasteiger partial charge >= 0.3 is 17.9 Å². The molecule has 0 aromatic heterocycles. The summed E-state index contributed by atoms with van der Waals surface area (Å²) in [5.74, 6) is -7.07. The smallest absolute Gasteiger partial charge is 0.326 e. The molecule has 5 unspecified atom stereocenters. The van der Waals surface area contributed by atoms with Gasteiger partial charge in [-0.1, -0.05) is 50.6 Å². The largest absolute Gasteiger partial charge is 0.481 e. The van der Waals surface area contributed by atoms with E-state index in [1.165, 1.54) is 0 Å². The van der Waals surface area contributed by atoms with Crippen LogP contribution in [0.1, 0.15) is 45.1 Å². The van der Waals surface area contributed by atoms with Gasteiger partial charge in [-0.15, -0.1) is 0 Å². The van der Waals surface area contributed by atoms with E-state index in [0.29, 0.717) is 12.0 Å². The van der Waals surface area contributed by atoms with Crippen molar-refractivity contribution in [1.29, 1.82) is 0 Å². The Bertz CT molecular complexity index is 970. The Balaban J connectivity index is 3.12. The molecule has 1 aromatic rings. The van der Waals surface area contributed by atoms with Crippen LogP contribution >= 0.6 is 0 Å². The molecule has 0 aliphatic heterocycles. The maximum atomic E-state index is 13.1. The highest BCUT2D eigenvalue weighted by atomic mass is 16.4. The zero-order chi connectivity index (χ0) is 28.1. The average molecular weight is 523 g/mol. The summed E-state index contributed by atoms with van der Waals surface area (Å²) in [6, 6.07) is 3.04. The first kappa shape index (κ1) is 31.0. The van der Waals surface area contributed by atoms with E-state index in [-0.39, 0.29) is 19.3 Å². The number of rotatable bonds is 16. The van der Waals surface area contributed by atoms with Crippen molar-refractivity contribution in [2.75, 3.05) is 0 Å². The molecule has 1 rings (SSSR count). The number of carboxylic acids is 3. The van der Waals surface area contributed by atoms with Gasteiger partial charge in [0.25, 0.3) is 0 Å². The fourth-order valence-corrected chi connectivity index (χ4v) is 3.34. The van der Waals surface area contributed by atoms with Crippen LogP contribution in [0.2, 0.25) is 0 Å². The van der Waals surface area contributed by atoms with Crippen molar-refractivity contribution in [3.8, 4) is 0 Å². The Morgan fingerprint density at radius 3 is 1.92 bits per heavy atom. The standard InChI is InChI=1S/C24H34N4O9/c1-3-13(2)20(24(36)37)28-23(35)17(12-19(31)32)27-22(34)16(11-14-7-5-4-6-8-14)26-21(33)15(25)9-10-18(29)30/h4-8,13,15-17,20H,3,9-12,25H2,1-2H3,(H,26,33)(H,27,34)(H,28,35)(H,29,30)(H,31,32)(H,36,37). The Kier molecular flexibility index (Phi) is 12.7. The Morgan fingerprint density at radius 2 is 1.41 bits per heavy atom. The summed E-state index contributed by atoms with van der Waals surface area (Å²) >= 11 is 0. The van der Waals surface area contributed by atoms with Crippen LogP contribution in [0.15, 0.2) is 30.3 Å². The van der Waals surface area contributed by atoms with Gasteiger partial charge < -0.3 is 37.0 Å². The van der Waals surface area contributed by atoms with Gasteiger partial charge in [0.15, 0.2) is 0 Å². The maximum absolute atomic E-state index is 13.1. The molecule has 0 radical (unpaired) electrons. The molecular weight excluding hydrogens is 488 g/mol. The predicted molar refractivity (Wildman–Crippen MR) is 130 cm³/mol. The molecule has 0 saturated heterocycles. The number of hydrogen-bond acceptors (Lipinski definition) is 7. The van der Waals surface area contributed by atoms with Crippen LogP contribution in [0.4, 0.5) is 0 Å². The molecule has 0 fully saturated rings. The zero-order valence-corrected chi connectivity index (χ0v) is 20.7. The van der Waals surface area contributed by atoms with Crippen LogP contribution in [-0.2, 0) is 35.2 Å². The van der Waals surface area contributed by atoms with Crippen molar-refractivity contribution in [2.24, 2.45) is 11.7 Å². The number of benzene rings is 1. The number of carbonyl (C=O) groups excluding carboxylic acids is 3. The second kappa shape index (κ2) is 15.2. The first-order valence-corrected chi connectivity index (χ1v) is 11.7. The maximum Gasteiger partial charge on any atom is 0.326 e. The summed E-state index contributed by atoms with van der Waals surface area (Å²) in [5.41, 5.74) is 6.37. The SMILES string of the molecule is CCC(C)C(NC(=O)C(CC(=O)O)NC(=O)C(Cc1ccccc1)NC(=O)C(N)CCC(=O)O)C(=O)O. The molecule has 1 aromatic carbocycles. The Hall–Kier alpha value is -4.00. The van der Waals surface area contributed by atoms with E-state index in [0.717, 1.165) is 0 Å². The van der Waals surface area contributed by atoms with Crippen molar-refractivity contribution in [3.05, 3.63) is 35.9 Å². The molecule has 0 spiro atoms. The Labute approximate surface area is 213 Å². The molecule has 13 nitrogen and oxygen atoms in total. The van der Waals surface area contributed by atoms with Gasteiger partial charge in [-0.3, -0.25) is 24.0 Å². The molecule has 0 aliphatic rings. The molecule has 13 heteroatoms. The van der Waals surface area contributed by atoms with Crippen LogP contribution in [-0.4, -0.2) is 75.1 Å². The molecule has 0 saturated carbocycles. The molecule has 5 atom stereocenters. The number of aliphatic carboxylic acids is 3. The van der Waals surface area contributed by atoms with E-state index in [2.05, 4.69) is 16.0 Å². The second-order valence-corrected chi connectivity index (χ2v) is 8.66. The van der Waals surface area contributed by atoms with Crippen LogP contribution < -0.4 is 21.7 Å². The minimum atomic E-state index is -1.63. The lowest BCUT2D eigenvalue weighted by molar-refractivity contribution is -0.145. The van der Waals surface area contributed by atoms with Crippen molar-refractivity contribution < 1.29 is 44.1 Å². The lowest BCUT2D eigenvalue weighted by Crippen LogP contribution is -2.58. The predicted octanol–water partition coefficient (Wildman–Crippen LogP) is -0.519. The molecule has 37 heavy (non-hydrogen) atoms. The highest BCUT2D eigenvalue weighted by Crippen LogP contribution is 2.10. The monoisotopic (exact) mass is 522 g/mol. The van der Waals surface area contributed by atoms with Crippen molar-refractivity contribution in [1.82, 2.24) is 16.0 Å². The summed E-state index contributed by atoms with van der Waals surface area (Å²) in [5, 5.41) is 34.5. The van der Waals surface area contributed by atoms with E-state index in [1.54, 1.807) is 44.2 Å². The fourth-order valence-electron chi connectivity index (χ4n) is 3.34. The summed E-state index contributed by atoms with van der Waals surface area (Å²) in [7, 11) is 0. The van der Waals surface area contributed by atoms with E-state index in [1.807, 2.05) is 0 Å². The van der Waals surface area contributed by atoms with E-state index >= 15 is 0 Å². The van der Waals surface area contributed by atoms with Crippen LogP contribution in [0, 0.1) is 5.92 Å². The minimum absolute atomic E-state index is 0.0455. The normalized spacial score (nSPS) is 14.8.